The number of anilines is 1. The van der Waals surface area contributed by atoms with Crippen LogP contribution in [0, 0.1) is 6.92 Å². The van der Waals surface area contributed by atoms with Crippen LogP contribution < -0.4 is 5.32 Å². The number of amides is 1. The van der Waals surface area contributed by atoms with Gasteiger partial charge in [0.15, 0.2) is 10.0 Å². The maximum Gasteiger partial charge on any atom is 0.436 e. The second kappa shape index (κ2) is 7.28. The lowest BCUT2D eigenvalue weighted by atomic mass is 10.3. The van der Waals surface area contributed by atoms with E-state index >= 15 is 0 Å². The van der Waals surface area contributed by atoms with E-state index < -0.39 is 28.8 Å². The molecule has 0 aliphatic carbocycles. The minimum atomic E-state index is -4.69. The van der Waals surface area contributed by atoms with Gasteiger partial charge in [-0.25, -0.2) is 0 Å². The van der Waals surface area contributed by atoms with Crippen molar-refractivity contribution in [1.82, 2.24) is 20.0 Å². The summed E-state index contributed by atoms with van der Waals surface area (Å²) < 4.78 is 40.2. The highest BCUT2D eigenvalue weighted by Crippen LogP contribution is 2.36. The first-order valence-corrected chi connectivity index (χ1v) is 8.92. The van der Waals surface area contributed by atoms with E-state index in [0.717, 1.165) is 10.4 Å². The number of hydrogen-bond donors (Lipinski definition) is 1. The molecule has 1 N–H and O–H groups in total. The Bertz CT molecular complexity index is 746. The third-order valence-electron chi connectivity index (χ3n) is 3.00. The Balaban J connectivity index is 2.18. The van der Waals surface area contributed by atoms with Gasteiger partial charge < -0.3 is 0 Å². The van der Waals surface area contributed by atoms with Crippen LogP contribution in [0.15, 0.2) is 4.34 Å². The van der Waals surface area contributed by atoms with E-state index in [4.69, 9.17) is 11.6 Å². The first-order chi connectivity index (χ1) is 11.1. The molecule has 0 unspecified atom stereocenters. The highest BCUT2D eigenvalue weighted by molar-refractivity contribution is 8.01. The van der Waals surface area contributed by atoms with Crippen molar-refractivity contribution in [2.24, 2.45) is 0 Å². The maximum atomic E-state index is 12.8. The molecule has 1 amide bonds. The minimum Gasteiger partial charge on any atom is -0.299 e. The van der Waals surface area contributed by atoms with Crippen LogP contribution in [0.25, 0.3) is 0 Å². The van der Waals surface area contributed by atoms with Crippen LogP contribution >= 0.6 is 34.7 Å². The van der Waals surface area contributed by atoms with E-state index in [1.807, 2.05) is 6.92 Å². The van der Waals surface area contributed by atoms with E-state index in [-0.39, 0.29) is 10.8 Å². The number of thioether (sulfide) groups is 1. The van der Waals surface area contributed by atoms with Gasteiger partial charge in [0.1, 0.15) is 6.04 Å². The topological polar surface area (TPSA) is 72.7 Å². The first-order valence-electron chi connectivity index (χ1n) is 6.74. The smallest absolute Gasteiger partial charge is 0.299 e. The van der Waals surface area contributed by atoms with Gasteiger partial charge in [-0.1, -0.05) is 41.6 Å². The minimum absolute atomic E-state index is 0.0612. The lowest BCUT2D eigenvalue weighted by Gasteiger charge is -2.13. The van der Waals surface area contributed by atoms with Crippen molar-refractivity contribution >= 4 is 45.7 Å². The van der Waals surface area contributed by atoms with Crippen molar-refractivity contribution in [2.45, 2.75) is 37.3 Å². The van der Waals surface area contributed by atoms with E-state index in [0.29, 0.717) is 4.34 Å². The lowest BCUT2D eigenvalue weighted by molar-refractivity contribution is -0.141. The number of carbonyl (C=O) groups is 1. The molecule has 0 radical (unpaired) electrons. The first kappa shape index (κ1) is 19.0. The number of halogens is 4. The van der Waals surface area contributed by atoms with Gasteiger partial charge in [-0.2, -0.15) is 18.3 Å². The predicted molar refractivity (Wildman–Crippen MR) is 86.6 cm³/mol. The van der Waals surface area contributed by atoms with Gasteiger partial charge in [0.05, 0.1) is 10.7 Å². The molecule has 2 aromatic rings. The molecule has 1 atom stereocenters. The van der Waals surface area contributed by atoms with Gasteiger partial charge in [-0.15, -0.1) is 10.2 Å². The summed E-state index contributed by atoms with van der Waals surface area (Å²) in [6, 6.07) is -0.996. The molecule has 0 aliphatic rings. The highest BCUT2D eigenvalue weighted by atomic mass is 35.5. The van der Waals surface area contributed by atoms with Crippen LogP contribution in [0.3, 0.4) is 0 Å². The molecule has 0 fully saturated rings. The van der Waals surface area contributed by atoms with Crippen molar-refractivity contribution < 1.29 is 18.0 Å². The molecule has 2 heterocycles. The Kier molecular flexibility index (Phi) is 5.76. The zero-order valence-electron chi connectivity index (χ0n) is 12.8. The van der Waals surface area contributed by atoms with Crippen LogP contribution in [-0.2, 0) is 11.0 Å². The second-order valence-electron chi connectivity index (χ2n) is 4.66. The normalized spacial score (nSPS) is 13.1. The zero-order valence-corrected chi connectivity index (χ0v) is 15.2. The Morgan fingerprint density at radius 2 is 2.12 bits per heavy atom. The zero-order chi connectivity index (χ0) is 18.1. The molecular weight excluding hydrogens is 387 g/mol. The standard InChI is InChI=1S/C12H13ClF3N5OS2/c1-4-23-11-19-18-10(24-11)17-9(22)6(3)21-5(2)7(13)8(20-21)12(14,15)16/h6H,4H2,1-3H3,(H,17,18,22)/t6-/m1/s1. The summed E-state index contributed by atoms with van der Waals surface area (Å²) in [7, 11) is 0. The van der Waals surface area contributed by atoms with Gasteiger partial charge in [0.2, 0.25) is 5.13 Å². The van der Waals surface area contributed by atoms with E-state index in [1.54, 1.807) is 0 Å². The summed E-state index contributed by atoms with van der Waals surface area (Å²) in [6.45, 7) is 4.75. The van der Waals surface area contributed by atoms with Crippen LogP contribution in [0.4, 0.5) is 18.3 Å². The number of nitrogens with zero attached hydrogens (tertiary/aromatic N) is 4. The lowest BCUT2D eigenvalue weighted by Crippen LogP contribution is -2.25. The van der Waals surface area contributed by atoms with Gasteiger partial charge in [-0.3, -0.25) is 14.8 Å². The summed E-state index contributed by atoms with van der Waals surface area (Å²) in [5.74, 6) is 0.250. The predicted octanol–water partition coefficient (Wildman–Crippen LogP) is 4.03. The molecule has 0 saturated carbocycles. The van der Waals surface area contributed by atoms with Crippen molar-refractivity contribution in [1.29, 1.82) is 0 Å². The van der Waals surface area contributed by atoms with Gasteiger partial charge >= 0.3 is 6.18 Å². The Hall–Kier alpha value is -1.33. The summed E-state index contributed by atoms with van der Waals surface area (Å²) >= 11 is 8.35. The third-order valence-corrected chi connectivity index (χ3v) is 5.30. The number of hydrogen-bond acceptors (Lipinski definition) is 6. The molecule has 0 bridgehead atoms. The van der Waals surface area contributed by atoms with Gasteiger partial charge in [0, 0.05) is 0 Å². The van der Waals surface area contributed by atoms with E-state index in [2.05, 4.69) is 20.6 Å². The van der Waals surface area contributed by atoms with Crippen LogP contribution in [0.5, 0.6) is 0 Å². The molecule has 24 heavy (non-hydrogen) atoms. The largest absolute Gasteiger partial charge is 0.436 e. The average Bonchev–Trinajstić information content (AvgIpc) is 3.04. The molecule has 0 aliphatic heterocycles. The fourth-order valence-electron chi connectivity index (χ4n) is 1.82. The molecule has 0 saturated heterocycles. The fraction of sp³-hybridized carbons (Fsp3) is 0.500. The Morgan fingerprint density at radius 3 is 2.67 bits per heavy atom. The maximum absolute atomic E-state index is 12.8. The molecule has 0 spiro atoms. The number of carbonyl (C=O) groups excluding carboxylic acids is 1. The summed E-state index contributed by atoms with van der Waals surface area (Å²) in [5, 5.41) is 13.4. The van der Waals surface area contributed by atoms with E-state index in [9.17, 15) is 18.0 Å². The van der Waals surface area contributed by atoms with E-state index in [1.165, 1.54) is 36.9 Å². The number of aromatic nitrogens is 4. The van der Waals surface area contributed by atoms with Gasteiger partial charge in [-0.05, 0) is 19.6 Å². The number of alkyl halides is 3. The molecule has 12 heteroatoms. The van der Waals surface area contributed by atoms with Crippen molar-refractivity contribution in [3.05, 3.63) is 16.4 Å². The Labute approximate surface area is 148 Å². The molecule has 6 nitrogen and oxygen atoms in total. The summed E-state index contributed by atoms with van der Waals surface area (Å²) in [6.07, 6.45) is -4.69. The average molecular weight is 400 g/mol. The summed E-state index contributed by atoms with van der Waals surface area (Å²) in [5.41, 5.74) is -1.15. The molecular formula is C12H13ClF3N5OS2. The second-order valence-corrected chi connectivity index (χ2v) is 7.53. The van der Waals surface area contributed by atoms with Crippen LogP contribution in [0.2, 0.25) is 5.02 Å². The van der Waals surface area contributed by atoms with Crippen molar-refractivity contribution in [2.75, 3.05) is 11.1 Å². The molecule has 132 valence electrons. The SMILES string of the molecule is CCSc1nnc(NC(=O)[C@@H](C)n2nc(C(F)(F)F)c(Cl)c2C)s1. The third kappa shape index (κ3) is 4.01. The van der Waals surface area contributed by atoms with Crippen LogP contribution in [0.1, 0.15) is 31.3 Å². The number of nitrogens with one attached hydrogen (secondary N) is 1. The number of rotatable bonds is 5. The molecule has 2 aromatic heterocycles. The quantitative estimate of drug-likeness (QED) is 0.607. The highest BCUT2D eigenvalue weighted by Gasteiger charge is 2.39. The molecule has 2 rings (SSSR count). The Morgan fingerprint density at radius 1 is 1.46 bits per heavy atom. The summed E-state index contributed by atoms with van der Waals surface area (Å²) in [4.78, 5) is 12.2. The van der Waals surface area contributed by atoms with Gasteiger partial charge in [0.25, 0.3) is 5.91 Å². The monoisotopic (exact) mass is 399 g/mol. The van der Waals surface area contributed by atoms with Crippen molar-refractivity contribution in [3.8, 4) is 0 Å². The molecule has 0 aromatic carbocycles. The van der Waals surface area contributed by atoms with Crippen LogP contribution in [-0.4, -0.2) is 31.6 Å². The fourth-order valence-corrected chi connectivity index (χ4v) is 3.70. The van der Waals surface area contributed by atoms with Crippen molar-refractivity contribution in [3.63, 3.8) is 0 Å².